The molecular weight excluding hydrogens is 306 g/mol. The molecule has 0 aliphatic carbocycles. The van der Waals surface area contributed by atoms with Gasteiger partial charge in [-0.3, -0.25) is 0 Å². The Morgan fingerprint density at radius 3 is 2.48 bits per heavy atom. The first-order valence-electron chi connectivity index (χ1n) is 8.39. The van der Waals surface area contributed by atoms with Crippen molar-refractivity contribution in [3.05, 3.63) is 34.9 Å². The van der Waals surface area contributed by atoms with Crippen LogP contribution in [0.5, 0.6) is 0 Å². The van der Waals surface area contributed by atoms with Crippen LogP contribution in [0.2, 0.25) is 0 Å². The minimum atomic E-state index is -0.445. The Balaban J connectivity index is 2.05. The van der Waals surface area contributed by atoms with E-state index in [2.05, 4.69) is 25.1 Å². The first kappa shape index (κ1) is 17.9. The van der Waals surface area contributed by atoms with E-state index in [-0.39, 0.29) is 6.09 Å². The summed E-state index contributed by atoms with van der Waals surface area (Å²) in [6.45, 7) is 9.24. The zero-order valence-corrected chi connectivity index (χ0v) is 15.5. The quantitative estimate of drug-likeness (QED) is 0.771. The zero-order valence-electron chi connectivity index (χ0n) is 14.6. The minimum Gasteiger partial charge on any atom is -0.444 e. The SMILES string of the molecule is CCC(=S)Cc1ccc2c(c1)CCN(C(=O)OC(C)(C)C)CC2. The predicted octanol–water partition coefficient (Wildman–Crippen LogP) is 4.34. The summed E-state index contributed by atoms with van der Waals surface area (Å²) in [5.41, 5.74) is 3.51. The Morgan fingerprint density at radius 2 is 1.87 bits per heavy atom. The van der Waals surface area contributed by atoms with Gasteiger partial charge >= 0.3 is 6.09 Å². The summed E-state index contributed by atoms with van der Waals surface area (Å²) in [5, 5.41) is 0. The lowest BCUT2D eigenvalue weighted by molar-refractivity contribution is 0.0258. The molecule has 0 saturated heterocycles. The maximum absolute atomic E-state index is 12.3. The van der Waals surface area contributed by atoms with Gasteiger partial charge in [0.15, 0.2) is 0 Å². The molecule has 0 N–H and O–H groups in total. The fourth-order valence-electron chi connectivity index (χ4n) is 2.75. The number of amides is 1. The van der Waals surface area contributed by atoms with Crippen LogP contribution in [0.1, 0.15) is 50.8 Å². The maximum atomic E-state index is 12.3. The lowest BCUT2D eigenvalue weighted by Crippen LogP contribution is -2.38. The van der Waals surface area contributed by atoms with E-state index >= 15 is 0 Å². The highest BCUT2D eigenvalue weighted by Crippen LogP contribution is 2.20. The summed E-state index contributed by atoms with van der Waals surface area (Å²) in [6, 6.07) is 6.63. The van der Waals surface area contributed by atoms with Crippen LogP contribution < -0.4 is 0 Å². The summed E-state index contributed by atoms with van der Waals surface area (Å²) in [4.78, 5) is 15.2. The van der Waals surface area contributed by atoms with Crippen LogP contribution in [-0.4, -0.2) is 34.5 Å². The largest absolute Gasteiger partial charge is 0.444 e. The van der Waals surface area contributed by atoms with Crippen molar-refractivity contribution in [3.63, 3.8) is 0 Å². The third kappa shape index (κ3) is 5.31. The van der Waals surface area contributed by atoms with Crippen molar-refractivity contribution in [3.8, 4) is 0 Å². The normalized spacial score (nSPS) is 14.9. The summed E-state index contributed by atoms with van der Waals surface area (Å²) in [6.07, 6.45) is 3.36. The molecule has 0 aromatic heterocycles. The van der Waals surface area contributed by atoms with Crippen molar-refractivity contribution in [2.75, 3.05) is 13.1 Å². The first-order valence-corrected chi connectivity index (χ1v) is 8.79. The molecule has 0 radical (unpaired) electrons. The molecule has 0 bridgehead atoms. The fraction of sp³-hybridized carbons (Fsp3) is 0.579. The number of hydrogen-bond donors (Lipinski definition) is 0. The van der Waals surface area contributed by atoms with Crippen LogP contribution >= 0.6 is 12.2 Å². The fourth-order valence-corrected chi connectivity index (χ4v) is 2.92. The van der Waals surface area contributed by atoms with Gasteiger partial charge in [0, 0.05) is 19.5 Å². The van der Waals surface area contributed by atoms with Crippen molar-refractivity contribution in [1.29, 1.82) is 0 Å². The topological polar surface area (TPSA) is 29.5 Å². The number of thiocarbonyl (C=S) groups is 1. The second-order valence-corrected chi connectivity index (χ2v) is 7.72. The van der Waals surface area contributed by atoms with Crippen LogP contribution in [0, 0.1) is 0 Å². The average Bonchev–Trinajstić information content (AvgIpc) is 2.67. The molecule has 0 spiro atoms. The van der Waals surface area contributed by atoms with E-state index in [1.807, 2.05) is 25.7 Å². The highest BCUT2D eigenvalue weighted by atomic mass is 32.1. The zero-order chi connectivity index (χ0) is 17.0. The number of fused-ring (bicyclic) bond motifs is 1. The van der Waals surface area contributed by atoms with Crippen LogP contribution in [-0.2, 0) is 24.0 Å². The van der Waals surface area contributed by atoms with Crippen molar-refractivity contribution in [1.82, 2.24) is 4.90 Å². The lowest BCUT2D eigenvalue weighted by Gasteiger charge is -2.26. The van der Waals surface area contributed by atoms with E-state index in [1.165, 1.54) is 16.7 Å². The maximum Gasteiger partial charge on any atom is 0.410 e. The molecule has 1 aliphatic rings. The molecular formula is C19H27NO2S. The van der Waals surface area contributed by atoms with Crippen molar-refractivity contribution < 1.29 is 9.53 Å². The molecule has 0 unspecified atom stereocenters. The molecule has 126 valence electrons. The van der Waals surface area contributed by atoms with E-state index in [0.29, 0.717) is 13.1 Å². The molecule has 2 rings (SSSR count). The molecule has 1 amide bonds. The van der Waals surface area contributed by atoms with Gasteiger partial charge in [-0.25, -0.2) is 4.79 Å². The molecule has 0 fully saturated rings. The van der Waals surface area contributed by atoms with Crippen molar-refractivity contribution in [2.24, 2.45) is 0 Å². The van der Waals surface area contributed by atoms with E-state index in [1.54, 1.807) is 0 Å². The summed E-state index contributed by atoms with van der Waals surface area (Å²) in [7, 11) is 0. The molecule has 1 heterocycles. The van der Waals surface area contributed by atoms with Gasteiger partial charge in [0.25, 0.3) is 0 Å². The Labute approximate surface area is 145 Å². The smallest absolute Gasteiger partial charge is 0.410 e. The lowest BCUT2D eigenvalue weighted by atomic mass is 9.98. The Bertz CT molecular complexity index is 590. The molecule has 0 saturated carbocycles. The Kier molecular flexibility index (Phi) is 5.79. The van der Waals surface area contributed by atoms with E-state index < -0.39 is 5.60 Å². The number of hydrogen-bond acceptors (Lipinski definition) is 3. The number of benzene rings is 1. The van der Waals surface area contributed by atoms with Gasteiger partial charge < -0.3 is 9.64 Å². The number of nitrogens with zero attached hydrogens (tertiary/aromatic N) is 1. The number of rotatable bonds is 3. The average molecular weight is 333 g/mol. The second kappa shape index (κ2) is 7.43. The minimum absolute atomic E-state index is 0.210. The van der Waals surface area contributed by atoms with Gasteiger partial charge in [0.2, 0.25) is 0 Å². The third-order valence-corrected chi connectivity index (χ3v) is 4.45. The van der Waals surface area contributed by atoms with Crippen molar-refractivity contribution in [2.45, 2.75) is 59.0 Å². The van der Waals surface area contributed by atoms with Crippen LogP contribution in [0.25, 0.3) is 0 Å². The molecule has 23 heavy (non-hydrogen) atoms. The van der Waals surface area contributed by atoms with Crippen LogP contribution in [0.4, 0.5) is 4.79 Å². The molecule has 0 atom stereocenters. The number of carbonyl (C=O) groups is 1. The van der Waals surface area contributed by atoms with Crippen molar-refractivity contribution >= 4 is 23.2 Å². The van der Waals surface area contributed by atoms with E-state index in [9.17, 15) is 4.79 Å². The predicted molar refractivity (Wildman–Crippen MR) is 98.3 cm³/mol. The summed E-state index contributed by atoms with van der Waals surface area (Å²) >= 11 is 5.35. The Morgan fingerprint density at radius 1 is 1.22 bits per heavy atom. The highest BCUT2D eigenvalue weighted by molar-refractivity contribution is 7.80. The van der Waals surface area contributed by atoms with Crippen LogP contribution in [0.15, 0.2) is 18.2 Å². The molecule has 1 aromatic rings. The van der Waals surface area contributed by atoms with Gasteiger partial charge in [0.1, 0.15) is 5.60 Å². The van der Waals surface area contributed by atoms with E-state index in [0.717, 1.165) is 30.5 Å². The third-order valence-electron chi connectivity index (χ3n) is 4.02. The summed E-state index contributed by atoms with van der Waals surface area (Å²) in [5.74, 6) is 0. The monoisotopic (exact) mass is 333 g/mol. The standard InChI is InChI=1S/C19H27NO2S/c1-5-17(23)13-14-6-7-15-8-10-20(11-9-16(15)12-14)18(21)22-19(2,3)4/h6-7,12H,5,8-11,13H2,1-4H3. The number of carbonyl (C=O) groups excluding carboxylic acids is 1. The van der Waals surface area contributed by atoms with Crippen LogP contribution in [0.3, 0.4) is 0 Å². The number of ether oxygens (including phenoxy) is 1. The van der Waals surface area contributed by atoms with Gasteiger partial charge in [-0.2, -0.15) is 0 Å². The van der Waals surface area contributed by atoms with E-state index in [4.69, 9.17) is 17.0 Å². The Hall–Kier alpha value is -1.42. The van der Waals surface area contributed by atoms with Gasteiger partial charge in [-0.05, 0) is 61.6 Å². The molecule has 1 aliphatic heterocycles. The second-order valence-electron chi connectivity index (χ2n) is 7.14. The molecule has 1 aromatic carbocycles. The summed E-state index contributed by atoms with van der Waals surface area (Å²) < 4.78 is 5.49. The van der Waals surface area contributed by atoms with Gasteiger partial charge in [0.05, 0.1) is 0 Å². The van der Waals surface area contributed by atoms with Gasteiger partial charge in [-0.15, -0.1) is 0 Å². The molecule has 3 nitrogen and oxygen atoms in total. The first-order chi connectivity index (χ1) is 10.8. The van der Waals surface area contributed by atoms with Gasteiger partial charge in [-0.1, -0.05) is 37.3 Å². The molecule has 4 heteroatoms. The highest BCUT2D eigenvalue weighted by Gasteiger charge is 2.24.